The zero-order valence-electron chi connectivity index (χ0n) is 15.3. The fourth-order valence-corrected chi connectivity index (χ4v) is 4.68. The van der Waals surface area contributed by atoms with E-state index in [1.807, 2.05) is 37.3 Å². The highest BCUT2D eigenvalue weighted by molar-refractivity contribution is 7.88. The van der Waals surface area contributed by atoms with Crippen molar-refractivity contribution in [2.24, 2.45) is 0 Å². The second kappa shape index (κ2) is 8.28. The lowest BCUT2D eigenvalue weighted by atomic mass is 10.2. The van der Waals surface area contributed by atoms with Crippen LogP contribution in [0.3, 0.4) is 0 Å². The summed E-state index contributed by atoms with van der Waals surface area (Å²) >= 11 is 0. The second-order valence-corrected chi connectivity index (χ2v) is 8.62. The fraction of sp³-hybridized carbons (Fsp3) is 0.556. The molecule has 2 aromatic rings. The number of nitrogens with zero attached hydrogens (tertiary/aromatic N) is 4. The SMILES string of the molecule is CCCc1noc(C(C)N2CCN(S(=O)(=O)Cc3ccccc3)CC2)n1. The van der Waals surface area contributed by atoms with Crippen LogP contribution < -0.4 is 0 Å². The van der Waals surface area contributed by atoms with E-state index in [4.69, 9.17) is 4.52 Å². The first kappa shape index (κ1) is 19.0. The predicted molar refractivity (Wildman–Crippen MR) is 98.9 cm³/mol. The van der Waals surface area contributed by atoms with E-state index >= 15 is 0 Å². The Labute approximate surface area is 155 Å². The van der Waals surface area contributed by atoms with Gasteiger partial charge in [-0.15, -0.1) is 0 Å². The molecule has 0 amide bonds. The average Bonchev–Trinajstić information content (AvgIpc) is 3.11. The Morgan fingerprint density at radius 3 is 2.50 bits per heavy atom. The van der Waals surface area contributed by atoms with E-state index in [9.17, 15) is 8.42 Å². The zero-order valence-corrected chi connectivity index (χ0v) is 16.2. The summed E-state index contributed by atoms with van der Waals surface area (Å²) in [7, 11) is -3.30. The van der Waals surface area contributed by atoms with Gasteiger partial charge in [-0.2, -0.15) is 9.29 Å². The molecule has 1 aromatic carbocycles. The third kappa shape index (κ3) is 4.49. The molecule has 1 aliphatic heterocycles. The minimum atomic E-state index is -3.30. The summed E-state index contributed by atoms with van der Waals surface area (Å²) in [5.41, 5.74) is 0.817. The van der Waals surface area contributed by atoms with E-state index in [0.29, 0.717) is 32.1 Å². The molecule has 3 rings (SSSR count). The molecular weight excluding hydrogens is 352 g/mol. The third-order valence-electron chi connectivity index (χ3n) is 4.72. The van der Waals surface area contributed by atoms with Gasteiger partial charge in [0, 0.05) is 32.6 Å². The molecule has 0 N–H and O–H groups in total. The first-order valence-corrected chi connectivity index (χ1v) is 10.7. The van der Waals surface area contributed by atoms with Crippen LogP contribution in [0.5, 0.6) is 0 Å². The maximum atomic E-state index is 12.6. The number of hydrogen-bond acceptors (Lipinski definition) is 6. The standard InChI is InChI=1S/C18H26N4O3S/c1-3-7-17-19-18(25-20-17)15(2)21-10-12-22(13-11-21)26(23,24)14-16-8-5-4-6-9-16/h4-6,8-9,15H,3,7,10-14H2,1-2H3. The van der Waals surface area contributed by atoms with Gasteiger partial charge in [0.05, 0.1) is 11.8 Å². The van der Waals surface area contributed by atoms with E-state index in [2.05, 4.69) is 22.0 Å². The third-order valence-corrected chi connectivity index (χ3v) is 6.57. The smallest absolute Gasteiger partial charge is 0.243 e. The van der Waals surface area contributed by atoms with Crippen molar-refractivity contribution in [1.29, 1.82) is 0 Å². The Morgan fingerprint density at radius 1 is 1.15 bits per heavy atom. The van der Waals surface area contributed by atoms with Crippen LogP contribution in [0.25, 0.3) is 0 Å². The maximum Gasteiger partial charge on any atom is 0.243 e. The molecule has 0 aliphatic carbocycles. The lowest BCUT2D eigenvalue weighted by Crippen LogP contribution is -2.49. The molecule has 7 nitrogen and oxygen atoms in total. The molecule has 1 aromatic heterocycles. The van der Waals surface area contributed by atoms with E-state index in [1.165, 1.54) is 0 Å². The molecule has 1 aliphatic rings. The summed E-state index contributed by atoms with van der Waals surface area (Å²) < 4.78 is 32.2. The van der Waals surface area contributed by atoms with E-state index in [1.54, 1.807) is 4.31 Å². The minimum absolute atomic E-state index is 0.00733. The Balaban J connectivity index is 1.57. The monoisotopic (exact) mass is 378 g/mol. The fourth-order valence-electron chi connectivity index (χ4n) is 3.16. The van der Waals surface area contributed by atoms with Crippen molar-refractivity contribution >= 4 is 10.0 Å². The van der Waals surface area contributed by atoms with Gasteiger partial charge in [-0.25, -0.2) is 8.42 Å². The molecule has 1 atom stereocenters. The number of sulfonamides is 1. The number of aromatic nitrogens is 2. The number of piperazine rings is 1. The van der Waals surface area contributed by atoms with Crippen LogP contribution in [-0.4, -0.2) is 53.9 Å². The van der Waals surface area contributed by atoms with Gasteiger partial charge in [-0.1, -0.05) is 42.4 Å². The Kier molecular flexibility index (Phi) is 6.05. The van der Waals surface area contributed by atoms with Crippen molar-refractivity contribution in [1.82, 2.24) is 19.3 Å². The molecule has 26 heavy (non-hydrogen) atoms. The molecule has 1 saturated heterocycles. The Morgan fingerprint density at radius 2 is 1.85 bits per heavy atom. The number of aryl methyl sites for hydroxylation is 1. The summed E-state index contributed by atoms with van der Waals surface area (Å²) in [4.78, 5) is 6.64. The molecule has 2 heterocycles. The van der Waals surface area contributed by atoms with Crippen molar-refractivity contribution < 1.29 is 12.9 Å². The van der Waals surface area contributed by atoms with Crippen LogP contribution in [0.2, 0.25) is 0 Å². The van der Waals surface area contributed by atoms with Gasteiger partial charge in [0.15, 0.2) is 5.82 Å². The van der Waals surface area contributed by atoms with E-state index in [0.717, 1.165) is 24.2 Å². The van der Waals surface area contributed by atoms with Gasteiger partial charge >= 0.3 is 0 Å². The van der Waals surface area contributed by atoms with E-state index in [-0.39, 0.29) is 11.8 Å². The highest BCUT2D eigenvalue weighted by atomic mass is 32.2. The molecule has 0 bridgehead atoms. The number of rotatable bonds is 7. The molecule has 1 unspecified atom stereocenters. The van der Waals surface area contributed by atoms with Crippen LogP contribution in [-0.2, 0) is 22.2 Å². The van der Waals surface area contributed by atoms with Crippen molar-refractivity contribution in [3.8, 4) is 0 Å². The molecule has 142 valence electrons. The normalized spacial score (nSPS) is 18.1. The highest BCUT2D eigenvalue weighted by Gasteiger charge is 2.30. The molecule has 0 spiro atoms. The lowest BCUT2D eigenvalue weighted by molar-refractivity contribution is 0.124. The maximum absolute atomic E-state index is 12.6. The Hall–Kier alpha value is -1.77. The Bertz CT molecular complexity index is 799. The van der Waals surface area contributed by atoms with Crippen molar-refractivity contribution in [3.63, 3.8) is 0 Å². The summed E-state index contributed by atoms with van der Waals surface area (Å²) in [5, 5.41) is 4.00. The first-order valence-electron chi connectivity index (χ1n) is 9.08. The van der Waals surface area contributed by atoms with Gasteiger partial charge in [0.1, 0.15) is 0 Å². The quantitative estimate of drug-likeness (QED) is 0.735. The minimum Gasteiger partial charge on any atom is -0.338 e. The topological polar surface area (TPSA) is 79.5 Å². The first-order chi connectivity index (χ1) is 12.5. The van der Waals surface area contributed by atoms with Crippen LogP contribution in [0, 0.1) is 0 Å². The van der Waals surface area contributed by atoms with Crippen molar-refractivity contribution in [2.45, 2.75) is 38.5 Å². The largest absolute Gasteiger partial charge is 0.338 e. The summed E-state index contributed by atoms with van der Waals surface area (Å²) in [6.07, 6.45) is 1.78. The molecule has 0 saturated carbocycles. The van der Waals surface area contributed by atoms with Crippen LogP contribution >= 0.6 is 0 Å². The van der Waals surface area contributed by atoms with Crippen LogP contribution in [0.4, 0.5) is 0 Å². The van der Waals surface area contributed by atoms with Gasteiger partial charge in [0.25, 0.3) is 0 Å². The van der Waals surface area contributed by atoms with Crippen LogP contribution in [0.15, 0.2) is 34.9 Å². The number of benzene rings is 1. The second-order valence-electron chi connectivity index (χ2n) is 6.65. The summed E-state index contributed by atoms with van der Waals surface area (Å²) in [6, 6.07) is 9.30. The van der Waals surface area contributed by atoms with Gasteiger partial charge in [-0.3, -0.25) is 4.90 Å². The molecule has 1 fully saturated rings. The zero-order chi connectivity index (χ0) is 18.6. The molecule has 8 heteroatoms. The lowest BCUT2D eigenvalue weighted by Gasteiger charge is -2.36. The average molecular weight is 378 g/mol. The predicted octanol–water partition coefficient (Wildman–Crippen LogP) is 2.23. The van der Waals surface area contributed by atoms with E-state index < -0.39 is 10.0 Å². The summed E-state index contributed by atoms with van der Waals surface area (Å²) in [5.74, 6) is 1.39. The van der Waals surface area contributed by atoms with Crippen LogP contribution in [0.1, 0.15) is 43.6 Å². The van der Waals surface area contributed by atoms with Gasteiger partial charge in [-0.05, 0) is 18.9 Å². The summed E-state index contributed by atoms with van der Waals surface area (Å²) in [6.45, 7) is 6.37. The van der Waals surface area contributed by atoms with Gasteiger partial charge < -0.3 is 4.52 Å². The van der Waals surface area contributed by atoms with Gasteiger partial charge in [0.2, 0.25) is 15.9 Å². The molecule has 0 radical (unpaired) electrons. The number of hydrogen-bond donors (Lipinski definition) is 0. The van der Waals surface area contributed by atoms with Crippen molar-refractivity contribution in [3.05, 3.63) is 47.6 Å². The van der Waals surface area contributed by atoms with Crippen molar-refractivity contribution in [2.75, 3.05) is 26.2 Å². The highest BCUT2D eigenvalue weighted by Crippen LogP contribution is 2.22. The molecular formula is C18H26N4O3S.